The summed E-state index contributed by atoms with van der Waals surface area (Å²) in [6.07, 6.45) is 5.06. The van der Waals surface area contributed by atoms with Gasteiger partial charge < -0.3 is 21.7 Å². The number of anilines is 4. The van der Waals surface area contributed by atoms with Crippen molar-refractivity contribution in [2.75, 3.05) is 23.3 Å². The fourth-order valence-corrected chi connectivity index (χ4v) is 4.52. The van der Waals surface area contributed by atoms with Crippen molar-refractivity contribution in [1.82, 2.24) is 24.6 Å². The molecule has 4 aromatic rings. The number of nitrogens with one attached hydrogen (secondary N) is 1. The van der Waals surface area contributed by atoms with Crippen molar-refractivity contribution in [1.29, 1.82) is 0 Å². The lowest BCUT2D eigenvalue weighted by molar-refractivity contribution is -0.133. The van der Waals surface area contributed by atoms with Crippen molar-refractivity contribution >= 4 is 51.3 Å². The monoisotopic (exact) mass is 494 g/mol. The van der Waals surface area contributed by atoms with Crippen LogP contribution in [0.1, 0.15) is 19.5 Å². The van der Waals surface area contributed by atoms with E-state index in [0.717, 1.165) is 5.69 Å². The summed E-state index contributed by atoms with van der Waals surface area (Å²) in [6.45, 7) is 4.84. The maximum absolute atomic E-state index is 15.1. The molecule has 1 aromatic carbocycles. The SMILES string of the molecule is CC(C)N1CCc2cc(Nc3cc4cc(-c5cncc(N)c5Cl)c(F)c(N)c4cn3)nn2CC1=O. The van der Waals surface area contributed by atoms with Crippen molar-refractivity contribution in [2.45, 2.75) is 32.9 Å². The fourth-order valence-electron chi connectivity index (χ4n) is 4.32. The number of nitrogens with zero attached hydrogens (tertiary/aromatic N) is 5. The molecular weight excluding hydrogens is 471 g/mol. The molecule has 3 aromatic heterocycles. The fraction of sp³-hybridized carbons (Fsp3) is 0.250. The number of benzene rings is 1. The minimum Gasteiger partial charge on any atom is -0.396 e. The summed E-state index contributed by atoms with van der Waals surface area (Å²) < 4.78 is 16.8. The quantitative estimate of drug-likeness (QED) is 0.366. The molecule has 180 valence electrons. The van der Waals surface area contributed by atoms with Gasteiger partial charge in [-0.3, -0.25) is 14.5 Å². The van der Waals surface area contributed by atoms with Gasteiger partial charge in [0.2, 0.25) is 5.91 Å². The van der Waals surface area contributed by atoms with Gasteiger partial charge in [-0.1, -0.05) is 11.6 Å². The van der Waals surface area contributed by atoms with Gasteiger partial charge in [-0.15, -0.1) is 0 Å². The van der Waals surface area contributed by atoms with Crippen LogP contribution >= 0.6 is 11.6 Å². The number of aromatic nitrogens is 4. The molecule has 0 radical (unpaired) electrons. The Hall–Kier alpha value is -3.92. The molecule has 1 amide bonds. The number of fused-ring (bicyclic) bond motifs is 2. The number of nitrogen functional groups attached to an aromatic ring is 2. The number of carbonyl (C=O) groups excluding carboxylic acids is 1. The third-order valence-corrected chi connectivity index (χ3v) is 6.58. The molecule has 5 N–H and O–H groups in total. The number of pyridine rings is 2. The summed E-state index contributed by atoms with van der Waals surface area (Å²) in [4.78, 5) is 22.8. The van der Waals surface area contributed by atoms with Crippen LogP contribution in [0.5, 0.6) is 0 Å². The minimum absolute atomic E-state index is 0.0389. The number of amides is 1. The van der Waals surface area contributed by atoms with Crippen LogP contribution in [-0.2, 0) is 17.8 Å². The highest BCUT2D eigenvalue weighted by Gasteiger charge is 2.24. The summed E-state index contributed by atoms with van der Waals surface area (Å²) in [5.74, 6) is 0.481. The Morgan fingerprint density at radius 1 is 1.11 bits per heavy atom. The zero-order valence-electron chi connectivity index (χ0n) is 19.2. The summed E-state index contributed by atoms with van der Waals surface area (Å²) in [5.41, 5.74) is 13.6. The second kappa shape index (κ2) is 8.70. The Morgan fingerprint density at radius 2 is 1.91 bits per heavy atom. The van der Waals surface area contributed by atoms with Gasteiger partial charge in [-0.2, -0.15) is 5.10 Å². The molecule has 0 aliphatic carbocycles. The molecule has 35 heavy (non-hydrogen) atoms. The van der Waals surface area contributed by atoms with Crippen LogP contribution < -0.4 is 16.8 Å². The Balaban J connectivity index is 1.48. The van der Waals surface area contributed by atoms with Crippen molar-refractivity contribution in [2.24, 2.45) is 0 Å². The Labute approximate surface area is 205 Å². The molecule has 0 spiro atoms. The van der Waals surface area contributed by atoms with Crippen LogP contribution in [0.25, 0.3) is 21.9 Å². The third kappa shape index (κ3) is 4.10. The first kappa shape index (κ1) is 22.9. The maximum Gasteiger partial charge on any atom is 0.244 e. The summed E-state index contributed by atoms with van der Waals surface area (Å²) >= 11 is 6.30. The normalized spacial score (nSPS) is 13.9. The van der Waals surface area contributed by atoms with Gasteiger partial charge in [0, 0.05) is 59.7 Å². The van der Waals surface area contributed by atoms with E-state index in [1.807, 2.05) is 24.8 Å². The molecule has 1 aliphatic heterocycles. The standard InChI is InChI=1S/C24H24ClFN8O/c1-12(2)33-4-3-14-7-20(32-34(14)11-21(33)35)31-19-6-13-5-15(17-8-29-10-18(27)22(17)25)23(26)24(28)16(13)9-30-19/h5-10,12H,3-4,11,27-28H2,1-2H3,(H,30,31,32). The maximum atomic E-state index is 15.1. The summed E-state index contributed by atoms with van der Waals surface area (Å²) in [5, 5.41) is 9.04. The largest absolute Gasteiger partial charge is 0.396 e. The molecule has 0 unspecified atom stereocenters. The molecule has 0 bridgehead atoms. The van der Waals surface area contributed by atoms with Crippen LogP contribution in [0.15, 0.2) is 36.8 Å². The Kier molecular flexibility index (Phi) is 5.68. The predicted octanol–water partition coefficient (Wildman–Crippen LogP) is 3.99. The van der Waals surface area contributed by atoms with Gasteiger partial charge in [0.15, 0.2) is 11.6 Å². The van der Waals surface area contributed by atoms with Crippen molar-refractivity contribution in [3.8, 4) is 11.1 Å². The van der Waals surface area contributed by atoms with Gasteiger partial charge in [-0.05, 0) is 31.4 Å². The Morgan fingerprint density at radius 3 is 2.69 bits per heavy atom. The lowest BCUT2D eigenvalue weighted by Gasteiger charge is -2.24. The minimum atomic E-state index is -0.618. The number of hydrogen-bond acceptors (Lipinski definition) is 7. The molecule has 9 nitrogen and oxygen atoms in total. The second-order valence-electron chi connectivity index (χ2n) is 8.77. The van der Waals surface area contributed by atoms with Gasteiger partial charge in [0.25, 0.3) is 0 Å². The molecule has 11 heteroatoms. The van der Waals surface area contributed by atoms with E-state index < -0.39 is 5.82 Å². The molecule has 0 atom stereocenters. The van der Waals surface area contributed by atoms with E-state index in [-0.39, 0.29) is 40.5 Å². The second-order valence-corrected chi connectivity index (χ2v) is 9.15. The first-order valence-electron chi connectivity index (χ1n) is 11.1. The number of nitrogens with two attached hydrogens (primary N) is 2. The van der Waals surface area contributed by atoms with Crippen LogP contribution in [0, 0.1) is 5.82 Å². The lowest BCUT2D eigenvalue weighted by Crippen LogP contribution is -2.38. The predicted molar refractivity (Wildman–Crippen MR) is 135 cm³/mol. The van der Waals surface area contributed by atoms with E-state index in [1.54, 1.807) is 16.8 Å². The van der Waals surface area contributed by atoms with Crippen molar-refractivity contribution in [3.63, 3.8) is 0 Å². The highest BCUT2D eigenvalue weighted by molar-refractivity contribution is 6.35. The highest BCUT2D eigenvalue weighted by atomic mass is 35.5. The molecule has 0 saturated heterocycles. The highest BCUT2D eigenvalue weighted by Crippen LogP contribution is 2.38. The topological polar surface area (TPSA) is 128 Å². The average molecular weight is 495 g/mol. The van der Waals surface area contributed by atoms with Crippen LogP contribution in [0.2, 0.25) is 5.02 Å². The van der Waals surface area contributed by atoms with E-state index in [1.165, 1.54) is 18.6 Å². The van der Waals surface area contributed by atoms with E-state index in [4.69, 9.17) is 23.1 Å². The lowest BCUT2D eigenvalue weighted by atomic mass is 10.0. The van der Waals surface area contributed by atoms with E-state index in [2.05, 4.69) is 20.4 Å². The van der Waals surface area contributed by atoms with Crippen molar-refractivity contribution < 1.29 is 9.18 Å². The third-order valence-electron chi connectivity index (χ3n) is 6.15. The van der Waals surface area contributed by atoms with E-state index >= 15 is 4.39 Å². The molecule has 4 heterocycles. The summed E-state index contributed by atoms with van der Waals surface area (Å²) in [6, 6.07) is 5.44. The Bertz CT molecular complexity index is 1470. The molecular formula is C24H24ClFN8O. The first-order chi connectivity index (χ1) is 16.7. The van der Waals surface area contributed by atoms with Crippen LogP contribution in [0.4, 0.5) is 27.4 Å². The number of carbonyl (C=O) groups is 1. The molecule has 5 rings (SSSR count). The van der Waals surface area contributed by atoms with Gasteiger partial charge in [0.05, 0.1) is 22.6 Å². The summed E-state index contributed by atoms with van der Waals surface area (Å²) in [7, 11) is 0. The van der Waals surface area contributed by atoms with Crippen LogP contribution in [-0.4, -0.2) is 43.1 Å². The molecule has 1 aliphatic rings. The first-order valence-corrected chi connectivity index (χ1v) is 11.5. The number of rotatable bonds is 4. The van der Waals surface area contributed by atoms with Crippen LogP contribution in [0.3, 0.4) is 0 Å². The zero-order valence-corrected chi connectivity index (χ0v) is 20.0. The molecule has 0 saturated carbocycles. The average Bonchev–Trinajstić information content (AvgIpc) is 3.11. The van der Waals surface area contributed by atoms with Gasteiger partial charge >= 0.3 is 0 Å². The number of hydrogen-bond donors (Lipinski definition) is 3. The smallest absolute Gasteiger partial charge is 0.244 e. The van der Waals surface area contributed by atoms with E-state index in [9.17, 15) is 4.79 Å². The van der Waals surface area contributed by atoms with E-state index in [0.29, 0.717) is 40.9 Å². The zero-order chi connectivity index (χ0) is 24.9. The van der Waals surface area contributed by atoms with Gasteiger partial charge in [-0.25, -0.2) is 9.37 Å². The number of halogens is 2. The van der Waals surface area contributed by atoms with Crippen molar-refractivity contribution in [3.05, 3.63) is 53.3 Å². The molecule has 0 fully saturated rings. The van der Waals surface area contributed by atoms with Gasteiger partial charge in [0.1, 0.15) is 12.4 Å².